The maximum atomic E-state index is 12.6. The second-order valence-corrected chi connectivity index (χ2v) is 6.91. The minimum atomic E-state index is -3.54. The molecule has 1 aliphatic rings. The van der Waals surface area contributed by atoms with Crippen molar-refractivity contribution in [2.75, 3.05) is 26.8 Å². The minimum absolute atomic E-state index is 0.0488. The maximum absolute atomic E-state index is 12.6. The highest BCUT2D eigenvalue weighted by Crippen LogP contribution is 2.29. The first-order chi connectivity index (χ1) is 9.48. The first-order valence-corrected chi connectivity index (χ1v) is 8.26. The zero-order valence-corrected chi connectivity index (χ0v) is 13.1. The standard InChI is InChI=1S/C13H18ClNO4S/c1-3-10-9-15(6-7-19-10)20(16,17)11-4-5-13(18-2)12(14)8-11/h4-5,8,10H,3,6-7,9H2,1-2H3/t10-/m1/s1. The minimum Gasteiger partial charge on any atom is -0.495 e. The molecule has 1 aromatic rings. The molecule has 0 bridgehead atoms. The molecule has 112 valence electrons. The molecule has 2 rings (SSSR count). The summed E-state index contributed by atoms with van der Waals surface area (Å²) in [4.78, 5) is 0.181. The molecule has 0 spiro atoms. The van der Waals surface area contributed by atoms with Gasteiger partial charge in [-0.05, 0) is 24.6 Å². The van der Waals surface area contributed by atoms with E-state index in [9.17, 15) is 8.42 Å². The Bertz CT molecular complexity index is 576. The number of rotatable bonds is 4. The summed E-state index contributed by atoms with van der Waals surface area (Å²) in [5.74, 6) is 0.457. The van der Waals surface area contributed by atoms with E-state index in [1.54, 1.807) is 6.07 Å². The molecule has 0 N–H and O–H groups in total. The van der Waals surface area contributed by atoms with E-state index in [2.05, 4.69) is 0 Å². The molecule has 0 radical (unpaired) electrons. The van der Waals surface area contributed by atoms with Crippen molar-refractivity contribution in [1.29, 1.82) is 0 Å². The van der Waals surface area contributed by atoms with Gasteiger partial charge in [0.1, 0.15) is 5.75 Å². The Labute approximate surface area is 124 Å². The Morgan fingerprint density at radius 3 is 2.85 bits per heavy atom. The van der Waals surface area contributed by atoms with E-state index in [1.165, 1.54) is 23.5 Å². The summed E-state index contributed by atoms with van der Waals surface area (Å²) in [7, 11) is -2.05. The molecule has 0 amide bonds. The molecule has 0 aromatic heterocycles. The lowest BCUT2D eigenvalue weighted by Crippen LogP contribution is -2.45. The zero-order chi connectivity index (χ0) is 14.8. The van der Waals surface area contributed by atoms with Crippen molar-refractivity contribution in [1.82, 2.24) is 4.31 Å². The van der Waals surface area contributed by atoms with Gasteiger partial charge in [-0.2, -0.15) is 4.31 Å². The highest BCUT2D eigenvalue weighted by molar-refractivity contribution is 7.89. The number of sulfonamides is 1. The van der Waals surface area contributed by atoms with Crippen LogP contribution in [-0.2, 0) is 14.8 Å². The van der Waals surface area contributed by atoms with Gasteiger partial charge >= 0.3 is 0 Å². The first kappa shape index (κ1) is 15.6. The van der Waals surface area contributed by atoms with Gasteiger partial charge in [0, 0.05) is 13.1 Å². The lowest BCUT2D eigenvalue weighted by atomic mass is 10.2. The molecule has 1 saturated heterocycles. The lowest BCUT2D eigenvalue weighted by Gasteiger charge is -2.31. The molecule has 1 atom stereocenters. The summed E-state index contributed by atoms with van der Waals surface area (Å²) in [6, 6.07) is 4.50. The van der Waals surface area contributed by atoms with Gasteiger partial charge in [0.05, 0.1) is 29.7 Å². The van der Waals surface area contributed by atoms with E-state index in [-0.39, 0.29) is 16.0 Å². The highest BCUT2D eigenvalue weighted by atomic mass is 35.5. The second-order valence-electron chi connectivity index (χ2n) is 4.56. The van der Waals surface area contributed by atoms with Crippen LogP contribution in [0.3, 0.4) is 0 Å². The monoisotopic (exact) mass is 319 g/mol. The summed E-state index contributed by atoms with van der Waals surface area (Å²) < 4.78 is 37.1. The number of morpholine rings is 1. The summed E-state index contributed by atoms with van der Waals surface area (Å²) >= 11 is 6.00. The van der Waals surface area contributed by atoms with Crippen molar-refractivity contribution in [3.05, 3.63) is 23.2 Å². The van der Waals surface area contributed by atoms with Crippen molar-refractivity contribution >= 4 is 21.6 Å². The fraction of sp³-hybridized carbons (Fsp3) is 0.538. The molecule has 0 unspecified atom stereocenters. The van der Waals surface area contributed by atoms with E-state index in [0.29, 0.717) is 25.4 Å². The summed E-state index contributed by atoms with van der Waals surface area (Å²) in [5, 5.41) is 0.286. The fourth-order valence-corrected chi connectivity index (χ4v) is 3.92. The van der Waals surface area contributed by atoms with Crippen LogP contribution in [0.5, 0.6) is 5.75 Å². The van der Waals surface area contributed by atoms with Crippen LogP contribution >= 0.6 is 11.6 Å². The van der Waals surface area contributed by atoms with Gasteiger partial charge in [-0.25, -0.2) is 8.42 Å². The molecular weight excluding hydrogens is 302 g/mol. The number of methoxy groups -OCH3 is 1. The predicted octanol–water partition coefficient (Wildman–Crippen LogP) is 2.15. The lowest BCUT2D eigenvalue weighted by molar-refractivity contribution is -0.00277. The Hall–Kier alpha value is -0.820. The Morgan fingerprint density at radius 1 is 1.50 bits per heavy atom. The van der Waals surface area contributed by atoms with Crippen LogP contribution in [-0.4, -0.2) is 45.6 Å². The smallest absolute Gasteiger partial charge is 0.243 e. The third-order valence-corrected chi connectivity index (χ3v) is 5.47. The summed E-state index contributed by atoms with van der Waals surface area (Å²) in [6.07, 6.45) is 0.738. The largest absolute Gasteiger partial charge is 0.495 e. The first-order valence-electron chi connectivity index (χ1n) is 6.44. The van der Waals surface area contributed by atoms with Gasteiger partial charge in [0.2, 0.25) is 10.0 Å². The molecule has 7 heteroatoms. The van der Waals surface area contributed by atoms with Crippen LogP contribution in [0.1, 0.15) is 13.3 Å². The number of nitrogens with zero attached hydrogens (tertiary/aromatic N) is 1. The van der Waals surface area contributed by atoms with E-state index in [0.717, 1.165) is 6.42 Å². The normalized spacial score (nSPS) is 20.9. The number of hydrogen-bond donors (Lipinski definition) is 0. The van der Waals surface area contributed by atoms with Gasteiger partial charge in [0.15, 0.2) is 0 Å². The summed E-state index contributed by atoms with van der Waals surface area (Å²) in [5.41, 5.74) is 0. The van der Waals surface area contributed by atoms with Gasteiger partial charge in [-0.15, -0.1) is 0 Å². The van der Waals surface area contributed by atoms with Crippen molar-refractivity contribution in [3.8, 4) is 5.75 Å². The van der Waals surface area contributed by atoms with Crippen molar-refractivity contribution < 1.29 is 17.9 Å². The highest BCUT2D eigenvalue weighted by Gasteiger charge is 2.30. The van der Waals surface area contributed by atoms with E-state index in [4.69, 9.17) is 21.1 Å². The van der Waals surface area contributed by atoms with Crippen LogP contribution in [0.25, 0.3) is 0 Å². The molecular formula is C13H18ClNO4S. The Kier molecular flexibility index (Phi) is 4.90. The van der Waals surface area contributed by atoms with Crippen molar-refractivity contribution in [2.45, 2.75) is 24.3 Å². The zero-order valence-electron chi connectivity index (χ0n) is 11.5. The van der Waals surface area contributed by atoms with Crippen LogP contribution < -0.4 is 4.74 Å². The molecule has 5 nitrogen and oxygen atoms in total. The summed E-state index contributed by atoms with van der Waals surface area (Å²) in [6.45, 7) is 3.14. The van der Waals surface area contributed by atoms with E-state index in [1.807, 2.05) is 6.92 Å². The van der Waals surface area contributed by atoms with Crippen LogP contribution in [0.2, 0.25) is 5.02 Å². The number of halogens is 1. The number of ether oxygens (including phenoxy) is 2. The number of hydrogen-bond acceptors (Lipinski definition) is 4. The average molecular weight is 320 g/mol. The molecule has 1 fully saturated rings. The van der Waals surface area contributed by atoms with Gasteiger partial charge in [-0.1, -0.05) is 18.5 Å². The molecule has 0 aliphatic carbocycles. The van der Waals surface area contributed by atoms with E-state index < -0.39 is 10.0 Å². The Morgan fingerprint density at radius 2 is 2.25 bits per heavy atom. The average Bonchev–Trinajstić information content (AvgIpc) is 2.47. The van der Waals surface area contributed by atoms with Crippen LogP contribution in [0.4, 0.5) is 0 Å². The predicted molar refractivity (Wildman–Crippen MR) is 76.8 cm³/mol. The molecule has 0 saturated carbocycles. The molecule has 1 aliphatic heterocycles. The maximum Gasteiger partial charge on any atom is 0.243 e. The van der Waals surface area contributed by atoms with Gasteiger partial charge in [0.25, 0.3) is 0 Å². The molecule has 1 heterocycles. The van der Waals surface area contributed by atoms with Crippen LogP contribution in [0, 0.1) is 0 Å². The van der Waals surface area contributed by atoms with Crippen LogP contribution in [0.15, 0.2) is 23.1 Å². The van der Waals surface area contributed by atoms with Gasteiger partial charge < -0.3 is 9.47 Å². The van der Waals surface area contributed by atoms with Crippen molar-refractivity contribution in [2.24, 2.45) is 0 Å². The topological polar surface area (TPSA) is 55.8 Å². The SMILES string of the molecule is CC[C@@H]1CN(S(=O)(=O)c2ccc(OC)c(Cl)c2)CCO1. The van der Waals surface area contributed by atoms with Gasteiger partial charge in [-0.3, -0.25) is 0 Å². The Balaban J connectivity index is 2.28. The van der Waals surface area contributed by atoms with E-state index >= 15 is 0 Å². The quantitative estimate of drug-likeness (QED) is 0.853. The molecule has 1 aromatic carbocycles. The fourth-order valence-electron chi connectivity index (χ4n) is 2.11. The molecule has 20 heavy (non-hydrogen) atoms. The third kappa shape index (κ3) is 3.09. The van der Waals surface area contributed by atoms with Crippen molar-refractivity contribution in [3.63, 3.8) is 0 Å². The third-order valence-electron chi connectivity index (χ3n) is 3.32. The second kappa shape index (κ2) is 6.30. The number of benzene rings is 1.